The molecule has 0 spiro atoms. The van der Waals surface area contributed by atoms with Crippen LogP contribution in [0.3, 0.4) is 0 Å². The molecule has 0 N–H and O–H groups in total. The van der Waals surface area contributed by atoms with Gasteiger partial charge in [-0.05, 0) is 18.9 Å². The number of imide groups is 1. The number of hydrogen-bond donors (Lipinski definition) is 0. The zero-order chi connectivity index (χ0) is 13.6. The van der Waals surface area contributed by atoms with Crippen molar-refractivity contribution in [1.82, 2.24) is 0 Å². The Morgan fingerprint density at radius 3 is 2.53 bits per heavy atom. The van der Waals surface area contributed by atoms with Crippen LogP contribution in [-0.4, -0.2) is 17.6 Å². The number of anilines is 1. The molecule has 4 nitrogen and oxygen atoms in total. The van der Waals surface area contributed by atoms with Gasteiger partial charge < -0.3 is 0 Å². The molecular formula is C15H13NO3. The van der Waals surface area contributed by atoms with Gasteiger partial charge in [-0.3, -0.25) is 14.4 Å². The van der Waals surface area contributed by atoms with Crippen molar-refractivity contribution in [2.75, 3.05) is 4.90 Å². The maximum atomic E-state index is 12.4. The van der Waals surface area contributed by atoms with Crippen molar-refractivity contribution < 1.29 is 14.4 Å². The number of fused-ring (bicyclic) bond motifs is 1. The lowest BCUT2D eigenvalue weighted by atomic mass is 9.99. The second-order valence-electron chi connectivity index (χ2n) is 4.81. The van der Waals surface area contributed by atoms with Crippen molar-refractivity contribution in [1.29, 1.82) is 0 Å². The first-order chi connectivity index (χ1) is 9.11. The van der Waals surface area contributed by atoms with Crippen molar-refractivity contribution in [2.45, 2.75) is 26.2 Å². The molecule has 1 aromatic rings. The van der Waals surface area contributed by atoms with Gasteiger partial charge >= 0.3 is 0 Å². The highest BCUT2D eigenvalue weighted by atomic mass is 16.2. The molecule has 0 atom stereocenters. The summed E-state index contributed by atoms with van der Waals surface area (Å²) in [6.45, 7) is 1.36. The van der Waals surface area contributed by atoms with E-state index in [1.807, 2.05) is 6.07 Å². The van der Waals surface area contributed by atoms with E-state index in [0.717, 1.165) is 11.3 Å². The highest BCUT2D eigenvalue weighted by Crippen LogP contribution is 2.41. The first-order valence-electron chi connectivity index (χ1n) is 6.32. The number of allylic oxidation sites excluding steroid dienone is 1. The number of benzene rings is 1. The molecule has 0 aromatic heterocycles. The summed E-state index contributed by atoms with van der Waals surface area (Å²) in [7, 11) is 0. The van der Waals surface area contributed by atoms with Crippen molar-refractivity contribution in [3.05, 3.63) is 35.4 Å². The number of amides is 2. The van der Waals surface area contributed by atoms with Gasteiger partial charge in [-0.1, -0.05) is 18.2 Å². The lowest BCUT2D eigenvalue weighted by molar-refractivity contribution is -0.122. The first-order valence-corrected chi connectivity index (χ1v) is 6.32. The molecule has 0 bridgehead atoms. The molecule has 2 amide bonds. The van der Waals surface area contributed by atoms with Gasteiger partial charge in [0.25, 0.3) is 5.91 Å². The average molecular weight is 255 g/mol. The maximum absolute atomic E-state index is 12.4. The first kappa shape index (κ1) is 11.8. The van der Waals surface area contributed by atoms with Crippen LogP contribution in [0, 0.1) is 0 Å². The second-order valence-corrected chi connectivity index (χ2v) is 4.81. The fourth-order valence-electron chi connectivity index (χ4n) is 2.80. The minimum absolute atomic E-state index is 0.0311. The van der Waals surface area contributed by atoms with Crippen LogP contribution in [0.4, 0.5) is 5.69 Å². The molecule has 4 heteroatoms. The van der Waals surface area contributed by atoms with Crippen LogP contribution < -0.4 is 4.90 Å². The normalized spacial score (nSPS) is 22.1. The van der Waals surface area contributed by atoms with Gasteiger partial charge in [0.2, 0.25) is 5.91 Å². The van der Waals surface area contributed by atoms with E-state index in [4.69, 9.17) is 0 Å². The van der Waals surface area contributed by atoms with E-state index in [1.165, 1.54) is 6.92 Å². The molecule has 3 rings (SSSR count). The van der Waals surface area contributed by atoms with E-state index in [9.17, 15) is 14.4 Å². The molecule has 1 aliphatic carbocycles. The molecular weight excluding hydrogens is 242 g/mol. The van der Waals surface area contributed by atoms with Gasteiger partial charge in [0.15, 0.2) is 5.78 Å². The van der Waals surface area contributed by atoms with E-state index >= 15 is 0 Å². The Morgan fingerprint density at radius 1 is 1.16 bits per heavy atom. The summed E-state index contributed by atoms with van der Waals surface area (Å²) in [4.78, 5) is 37.1. The summed E-state index contributed by atoms with van der Waals surface area (Å²) in [5.74, 6) is -0.652. The van der Waals surface area contributed by atoms with Gasteiger partial charge in [-0.2, -0.15) is 0 Å². The monoisotopic (exact) mass is 255 g/mol. The van der Waals surface area contributed by atoms with Crippen LogP contribution in [0.2, 0.25) is 0 Å². The number of carbonyl (C=O) groups excluding carboxylic acids is 3. The zero-order valence-electron chi connectivity index (χ0n) is 10.6. The molecule has 19 heavy (non-hydrogen) atoms. The number of Topliss-reactive ketones (excluding diaryl/α,β-unsaturated/α-hetero) is 1. The van der Waals surface area contributed by atoms with E-state index in [1.54, 1.807) is 18.2 Å². The molecule has 1 aromatic carbocycles. The minimum atomic E-state index is -0.362. The van der Waals surface area contributed by atoms with Gasteiger partial charge in [-0.15, -0.1) is 0 Å². The highest BCUT2D eigenvalue weighted by Gasteiger charge is 2.38. The summed E-state index contributed by atoms with van der Waals surface area (Å²) < 4.78 is 0. The molecule has 96 valence electrons. The van der Waals surface area contributed by atoms with Crippen molar-refractivity contribution in [3.8, 4) is 0 Å². The van der Waals surface area contributed by atoms with E-state index in [0.29, 0.717) is 35.2 Å². The third-order valence-electron chi connectivity index (χ3n) is 3.62. The minimum Gasteiger partial charge on any atom is -0.295 e. The average Bonchev–Trinajstić information content (AvgIpc) is 2.89. The summed E-state index contributed by atoms with van der Waals surface area (Å²) in [5.41, 5.74) is 2.30. The summed E-state index contributed by atoms with van der Waals surface area (Å²) in [5, 5.41) is 0. The van der Waals surface area contributed by atoms with Crippen molar-refractivity contribution in [3.63, 3.8) is 0 Å². The van der Waals surface area contributed by atoms with Crippen LogP contribution >= 0.6 is 0 Å². The fraction of sp³-hybridized carbons (Fsp3) is 0.267. The van der Waals surface area contributed by atoms with Crippen LogP contribution in [0.25, 0.3) is 5.57 Å². The maximum Gasteiger partial charge on any atom is 0.266 e. The summed E-state index contributed by atoms with van der Waals surface area (Å²) >= 11 is 0. The van der Waals surface area contributed by atoms with Crippen LogP contribution in [-0.2, 0) is 14.4 Å². The van der Waals surface area contributed by atoms with Gasteiger partial charge in [0, 0.05) is 24.5 Å². The Bertz CT molecular complexity index is 643. The fourth-order valence-corrected chi connectivity index (χ4v) is 2.80. The Labute approximate surface area is 110 Å². The van der Waals surface area contributed by atoms with Gasteiger partial charge in [0.05, 0.1) is 11.3 Å². The van der Waals surface area contributed by atoms with E-state index in [2.05, 4.69) is 0 Å². The molecule has 1 saturated carbocycles. The Hall–Kier alpha value is -2.23. The van der Waals surface area contributed by atoms with Crippen LogP contribution in [0.5, 0.6) is 0 Å². The highest BCUT2D eigenvalue weighted by molar-refractivity contribution is 6.42. The van der Waals surface area contributed by atoms with Crippen LogP contribution in [0.1, 0.15) is 31.7 Å². The number of ketones is 1. The predicted octanol–water partition coefficient (Wildman–Crippen LogP) is 2.09. The zero-order valence-corrected chi connectivity index (χ0v) is 10.6. The Balaban J connectivity index is 2.26. The molecule has 2 aliphatic rings. The SMILES string of the molecule is CC(=O)N1C(=O)/C(=C2\CCCC2=O)c2ccccc21. The Kier molecular flexibility index (Phi) is 2.59. The lowest BCUT2D eigenvalue weighted by Gasteiger charge is -2.11. The summed E-state index contributed by atoms with van der Waals surface area (Å²) in [6, 6.07) is 7.13. The number of rotatable bonds is 0. The molecule has 0 saturated heterocycles. The van der Waals surface area contributed by atoms with E-state index < -0.39 is 0 Å². The predicted molar refractivity (Wildman–Crippen MR) is 70.4 cm³/mol. The number of carbonyl (C=O) groups is 3. The molecule has 1 fully saturated rings. The van der Waals surface area contributed by atoms with Gasteiger partial charge in [-0.25, -0.2) is 4.90 Å². The summed E-state index contributed by atoms with van der Waals surface area (Å²) in [6.07, 6.45) is 1.90. The molecule has 1 aliphatic heterocycles. The van der Waals surface area contributed by atoms with Crippen LogP contribution in [0.15, 0.2) is 29.8 Å². The third-order valence-corrected chi connectivity index (χ3v) is 3.62. The smallest absolute Gasteiger partial charge is 0.266 e. The van der Waals surface area contributed by atoms with Crippen molar-refractivity contribution in [2.24, 2.45) is 0 Å². The number of hydrogen-bond acceptors (Lipinski definition) is 3. The molecule has 1 heterocycles. The largest absolute Gasteiger partial charge is 0.295 e. The van der Waals surface area contributed by atoms with Gasteiger partial charge in [0.1, 0.15) is 0 Å². The molecule has 0 radical (unpaired) electrons. The Morgan fingerprint density at radius 2 is 1.89 bits per heavy atom. The standard InChI is InChI=1S/C15H13NO3/c1-9(17)16-12-7-3-2-5-10(12)14(15(16)19)11-6-4-8-13(11)18/h2-3,5,7H,4,6,8H2,1H3/b14-11+. The second kappa shape index (κ2) is 4.16. The third kappa shape index (κ3) is 1.63. The van der Waals surface area contributed by atoms with E-state index in [-0.39, 0.29) is 17.6 Å². The topological polar surface area (TPSA) is 54.5 Å². The van der Waals surface area contributed by atoms with Crippen molar-refractivity contribution >= 4 is 28.9 Å². The number of para-hydroxylation sites is 1. The quantitative estimate of drug-likeness (QED) is 0.667. The number of nitrogens with zero attached hydrogens (tertiary/aromatic N) is 1. The molecule has 0 unspecified atom stereocenters. The lowest BCUT2D eigenvalue weighted by Crippen LogP contribution is -2.31.